The largest absolute Gasteiger partial charge is 0.504 e. The van der Waals surface area contributed by atoms with Gasteiger partial charge in [-0.05, 0) is 30.5 Å². The van der Waals surface area contributed by atoms with Crippen molar-refractivity contribution in [3.05, 3.63) is 59.2 Å². The number of hydrogen-bond donors (Lipinski definition) is 2. The highest BCUT2D eigenvalue weighted by molar-refractivity contribution is 5.45. The van der Waals surface area contributed by atoms with Crippen molar-refractivity contribution in [1.82, 2.24) is 5.32 Å². The van der Waals surface area contributed by atoms with Crippen LogP contribution in [-0.4, -0.2) is 12.2 Å². The zero-order chi connectivity index (χ0) is 15.2. The highest BCUT2D eigenvalue weighted by Crippen LogP contribution is 2.29. The molecule has 2 aromatic rings. The number of phenolic OH excluding ortho intramolecular Hbond substituents is 1. The molecule has 3 heteroatoms. The van der Waals surface area contributed by atoms with Gasteiger partial charge < -0.3 is 15.2 Å². The van der Waals surface area contributed by atoms with Crippen LogP contribution in [0.5, 0.6) is 11.5 Å². The Kier molecular flexibility index (Phi) is 5.23. The Balaban J connectivity index is 2.01. The first kappa shape index (κ1) is 15.4. The van der Waals surface area contributed by atoms with Gasteiger partial charge in [0.15, 0.2) is 11.5 Å². The highest BCUT2D eigenvalue weighted by Gasteiger charge is 2.09. The molecule has 0 fully saturated rings. The van der Waals surface area contributed by atoms with Crippen molar-refractivity contribution in [3.63, 3.8) is 0 Å². The van der Waals surface area contributed by atoms with E-state index in [0.29, 0.717) is 12.3 Å². The maximum atomic E-state index is 10.1. The Morgan fingerprint density at radius 2 is 1.86 bits per heavy atom. The van der Waals surface area contributed by atoms with E-state index in [1.807, 2.05) is 12.1 Å². The summed E-state index contributed by atoms with van der Waals surface area (Å²) in [5, 5.41) is 13.5. The first-order valence-electron chi connectivity index (χ1n) is 7.32. The Hall–Kier alpha value is -2.00. The summed E-state index contributed by atoms with van der Waals surface area (Å²) in [7, 11) is 1.56. The summed E-state index contributed by atoms with van der Waals surface area (Å²) in [6.45, 7) is 4.88. The van der Waals surface area contributed by atoms with Crippen LogP contribution in [0.1, 0.15) is 36.6 Å². The minimum Gasteiger partial charge on any atom is -0.504 e. The summed E-state index contributed by atoms with van der Waals surface area (Å²) in [6, 6.07) is 14.4. The minimum atomic E-state index is 0.209. The molecule has 0 aliphatic carbocycles. The third-order valence-electron chi connectivity index (χ3n) is 3.79. The molecule has 1 atom stereocenters. The van der Waals surface area contributed by atoms with Crippen LogP contribution in [0.4, 0.5) is 0 Å². The molecule has 0 saturated carbocycles. The molecule has 3 nitrogen and oxygen atoms in total. The fourth-order valence-electron chi connectivity index (χ4n) is 2.30. The monoisotopic (exact) mass is 285 g/mol. The van der Waals surface area contributed by atoms with Gasteiger partial charge in [0.2, 0.25) is 0 Å². The van der Waals surface area contributed by atoms with Gasteiger partial charge in [0.1, 0.15) is 0 Å². The number of methoxy groups -OCH3 is 1. The van der Waals surface area contributed by atoms with Crippen LogP contribution in [0.3, 0.4) is 0 Å². The lowest BCUT2D eigenvalue weighted by atomic mass is 10.0. The first-order valence-corrected chi connectivity index (χ1v) is 7.32. The molecule has 1 unspecified atom stereocenters. The third-order valence-corrected chi connectivity index (χ3v) is 3.79. The van der Waals surface area contributed by atoms with Crippen LogP contribution < -0.4 is 10.1 Å². The highest BCUT2D eigenvalue weighted by atomic mass is 16.5. The van der Waals surface area contributed by atoms with E-state index in [9.17, 15) is 5.11 Å². The van der Waals surface area contributed by atoms with Crippen molar-refractivity contribution in [2.75, 3.05) is 7.11 Å². The van der Waals surface area contributed by atoms with Crippen LogP contribution in [0.25, 0.3) is 0 Å². The maximum Gasteiger partial charge on any atom is 0.162 e. The number of para-hydroxylation sites is 1. The van der Waals surface area contributed by atoms with Crippen molar-refractivity contribution in [1.29, 1.82) is 0 Å². The number of benzene rings is 2. The van der Waals surface area contributed by atoms with Gasteiger partial charge in [-0.1, -0.05) is 43.3 Å². The molecule has 0 amide bonds. The molecule has 0 radical (unpaired) electrons. The smallest absolute Gasteiger partial charge is 0.162 e. The lowest BCUT2D eigenvalue weighted by Crippen LogP contribution is -2.18. The van der Waals surface area contributed by atoms with E-state index in [1.165, 1.54) is 11.1 Å². The summed E-state index contributed by atoms with van der Waals surface area (Å²) in [4.78, 5) is 0. The number of ether oxygens (including phenoxy) is 1. The van der Waals surface area contributed by atoms with Gasteiger partial charge in [0, 0.05) is 18.2 Å². The lowest BCUT2D eigenvalue weighted by Gasteiger charge is -2.16. The fourth-order valence-corrected chi connectivity index (χ4v) is 2.30. The van der Waals surface area contributed by atoms with Crippen LogP contribution in [-0.2, 0) is 13.0 Å². The van der Waals surface area contributed by atoms with E-state index in [4.69, 9.17) is 4.74 Å². The second-order valence-electron chi connectivity index (χ2n) is 5.17. The standard InChI is InChI=1S/C18H23NO2/c1-4-14-8-10-15(11-9-14)13(2)19-12-16-6-5-7-17(21-3)18(16)20/h5-11,13,19-20H,4,12H2,1-3H3. The van der Waals surface area contributed by atoms with Crippen molar-refractivity contribution < 1.29 is 9.84 Å². The number of hydrogen-bond acceptors (Lipinski definition) is 3. The van der Waals surface area contributed by atoms with Gasteiger partial charge in [0.25, 0.3) is 0 Å². The van der Waals surface area contributed by atoms with Crippen LogP contribution in [0, 0.1) is 0 Å². The van der Waals surface area contributed by atoms with Crippen LogP contribution >= 0.6 is 0 Å². The molecule has 2 aromatic carbocycles. The number of aryl methyl sites for hydroxylation is 1. The van der Waals surface area contributed by atoms with Crippen molar-refractivity contribution in [3.8, 4) is 11.5 Å². The molecule has 2 N–H and O–H groups in total. The van der Waals surface area contributed by atoms with E-state index in [0.717, 1.165) is 12.0 Å². The van der Waals surface area contributed by atoms with Crippen LogP contribution in [0.2, 0.25) is 0 Å². The zero-order valence-electron chi connectivity index (χ0n) is 12.9. The molecule has 0 spiro atoms. The zero-order valence-corrected chi connectivity index (χ0v) is 12.9. The molecule has 0 aliphatic heterocycles. The van der Waals surface area contributed by atoms with Gasteiger partial charge >= 0.3 is 0 Å². The van der Waals surface area contributed by atoms with E-state index < -0.39 is 0 Å². The average molecular weight is 285 g/mol. The van der Waals surface area contributed by atoms with Gasteiger partial charge in [-0.3, -0.25) is 0 Å². The minimum absolute atomic E-state index is 0.209. The summed E-state index contributed by atoms with van der Waals surface area (Å²) in [5.74, 6) is 0.718. The Bertz CT molecular complexity index is 578. The molecule has 0 heterocycles. The number of rotatable bonds is 6. The predicted molar refractivity (Wildman–Crippen MR) is 85.7 cm³/mol. The molecule has 112 valence electrons. The average Bonchev–Trinajstić information content (AvgIpc) is 2.53. The Morgan fingerprint density at radius 1 is 1.14 bits per heavy atom. The molecule has 0 bridgehead atoms. The van der Waals surface area contributed by atoms with Gasteiger partial charge in [0.05, 0.1) is 7.11 Å². The van der Waals surface area contributed by atoms with Crippen LogP contribution in [0.15, 0.2) is 42.5 Å². The Labute approximate surface area is 126 Å². The molecule has 0 aliphatic rings. The molecular formula is C18H23NO2. The predicted octanol–water partition coefficient (Wildman–Crippen LogP) is 3.81. The summed E-state index contributed by atoms with van der Waals surface area (Å²) >= 11 is 0. The van der Waals surface area contributed by atoms with E-state index >= 15 is 0 Å². The third kappa shape index (κ3) is 3.76. The van der Waals surface area contributed by atoms with E-state index in [1.54, 1.807) is 13.2 Å². The summed E-state index contributed by atoms with van der Waals surface area (Å²) < 4.78 is 5.12. The second-order valence-corrected chi connectivity index (χ2v) is 5.17. The normalized spacial score (nSPS) is 12.1. The summed E-state index contributed by atoms with van der Waals surface area (Å²) in [5.41, 5.74) is 3.43. The lowest BCUT2D eigenvalue weighted by molar-refractivity contribution is 0.369. The van der Waals surface area contributed by atoms with E-state index in [2.05, 4.69) is 43.4 Å². The molecular weight excluding hydrogens is 262 g/mol. The van der Waals surface area contributed by atoms with Gasteiger partial charge in [-0.25, -0.2) is 0 Å². The molecule has 2 rings (SSSR count). The molecule has 21 heavy (non-hydrogen) atoms. The second kappa shape index (κ2) is 7.14. The summed E-state index contributed by atoms with van der Waals surface area (Å²) in [6.07, 6.45) is 1.06. The number of phenols is 1. The number of aromatic hydroxyl groups is 1. The fraction of sp³-hybridized carbons (Fsp3) is 0.333. The maximum absolute atomic E-state index is 10.1. The van der Waals surface area contributed by atoms with Gasteiger partial charge in [-0.2, -0.15) is 0 Å². The van der Waals surface area contributed by atoms with E-state index in [-0.39, 0.29) is 11.8 Å². The molecule has 0 saturated heterocycles. The first-order chi connectivity index (χ1) is 10.2. The SMILES string of the molecule is CCc1ccc(C(C)NCc2cccc(OC)c2O)cc1. The topological polar surface area (TPSA) is 41.5 Å². The van der Waals surface area contributed by atoms with Crippen molar-refractivity contribution in [2.45, 2.75) is 32.9 Å². The quantitative estimate of drug-likeness (QED) is 0.848. The van der Waals surface area contributed by atoms with Crippen molar-refractivity contribution in [2.24, 2.45) is 0 Å². The molecule has 0 aromatic heterocycles. The Morgan fingerprint density at radius 3 is 2.48 bits per heavy atom. The van der Waals surface area contributed by atoms with Crippen molar-refractivity contribution >= 4 is 0 Å². The number of nitrogens with one attached hydrogen (secondary N) is 1. The van der Waals surface area contributed by atoms with Gasteiger partial charge in [-0.15, -0.1) is 0 Å².